The van der Waals surface area contributed by atoms with Crippen LogP contribution in [-0.4, -0.2) is 18.0 Å². The average Bonchev–Trinajstić information content (AvgIpc) is 2.84. The van der Waals surface area contributed by atoms with Gasteiger partial charge >= 0.3 is 0 Å². The Morgan fingerprint density at radius 2 is 1.94 bits per heavy atom. The third-order valence-corrected chi connectivity index (χ3v) is 4.08. The maximum Gasteiger partial charge on any atom is 0.0233 e. The molecule has 1 aromatic rings. The first-order valence-electron chi connectivity index (χ1n) is 7.64. The molecular weight excluding hydrogens is 218 g/mol. The second-order valence-corrected chi connectivity index (χ2v) is 5.72. The molecule has 0 bridgehead atoms. The van der Waals surface area contributed by atoms with E-state index in [0.29, 0.717) is 0 Å². The Labute approximate surface area is 112 Å². The number of hydrogen-bond acceptors (Lipinski definition) is 1. The number of rotatable bonds is 7. The van der Waals surface area contributed by atoms with Crippen molar-refractivity contribution < 1.29 is 0 Å². The van der Waals surface area contributed by atoms with E-state index in [4.69, 9.17) is 0 Å². The second-order valence-electron chi connectivity index (χ2n) is 5.72. The fourth-order valence-corrected chi connectivity index (χ4v) is 2.99. The first-order valence-corrected chi connectivity index (χ1v) is 7.64. The molecule has 1 aromatic carbocycles. The van der Waals surface area contributed by atoms with E-state index in [1.165, 1.54) is 57.2 Å². The van der Waals surface area contributed by atoms with Crippen LogP contribution >= 0.6 is 0 Å². The molecule has 0 aliphatic carbocycles. The Morgan fingerprint density at radius 1 is 1.11 bits per heavy atom. The number of likely N-dealkylation sites (tertiary alicyclic amines) is 1. The summed E-state index contributed by atoms with van der Waals surface area (Å²) in [7, 11) is 0. The molecule has 0 spiro atoms. The van der Waals surface area contributed by atoms with E-state index in [9.17, 15) is 0 Å². The van der Waals surface area contributed by atoms with Gasteiger partial charge in [-0.05, 0) is 30.9 Å². The van der Waals surface area contributed by atoms with Crippen molar-refractivity contribution in [3.8, 4) is 0 Å². The van der Waals surface area contributed by atoms with Gasteiger partial charge in [-0.25, -0.2) is 0 Å². The maximum absolute atomic E-state index is 2.62. The highest BCUT2D eigenvalue weighted by molar-refractivity contribution is 5.14. The fraction of sp³-hybridized carbons (Fsp3) is 0.647. The molecule has 1 heterocycles. The smallest absolute Gasteiger partial charge is 0.0233 e. The molecule has 2 rings (SSSR count). The molecule has 18 heavy (non-hydrogen) atoms. The lowest BCUT2D eigenvalue weighted by atomic mass is 10.0. The predicted molar refractivity (Wildman–Crippen MR) is 78.6 cm³/mol. The molecule has 0 N–H and O–H groups in total. The van der Waals surface area contributed by atoms with Gasteiger partial charge < -0.3 is 0 Å². The zero-order valence-corrected chi connectivity index (χ0v) is 11.8. The normalized spacial score (nSPS) is 20.4. The Morgan fingerprint density at radius 3 is 2.72 bits per heavy atom. The summed E-state index contributed by atoms with van der Waals surface area (Å²) in [5.74, 6) is 0.963. The van der Waals surface area contributed by atoms with Gasteiger partial charge in [0, 0.05) is 13.1 Å². The molecule has 0 radical (unpaired) electrons. The third kappa shape index (κ3) is 4.45. The van der Waals surface area contributed by atoms with Crippen molar-refractivity contribution in [1.82, 2.24) is 4.90 Å². The molecule has 100 valence electrons. The number of nitrogens with zero attached hydrogens (tertiary/aromatic N) is 1. The summed E-state index contributed by atoms with van der Waals surface area (Å²) < 4.78 is 0. The largest absolute Gasteiger partial charge is 0.299 e. The molecule has 1 heteroatoms. The van der Waals surface area contributed by atoms with Crippen molar-refractivity contribution in [3.63, 3.8) is 0 Å². The summed E-state index contributed by atoms with van der Waals surface area (Å²) in [6.45, 7) is 6.05. The van der Waals surface area contributed by atoms with Crippen LogP contribution in [0, 0.1) is 5.92 Å². The van der Waals surface area contributed by atoms with Crippen molar-refractivity contribution in [1.29, 1.82) is 0 Å². The molecule has 0 amide bonds. The molecule has 0 aromatic heterocycles. The van der Waals surface area contributed by atoms with Crippen LogP contribution in [-0.2, 0) is 6.54 Å². The number of unbranched alkanes of at least 4 members (excludes halogenated alkanes) is 3. The average molecular weight is 245 g/mol. The molecule has 1 aliphatic rings. The van der Waals surface area contributed by atoms with Gasteiger partial charge in [0.15, 0.2) is 0 Å². The van der Waals surface area contributed by atoms with E-state index in [1.54, 1.807) is 0 Å². The first-order chi connectivity index (χ1) is 8.88. The molecule has 1 fully saturated rings. The first kappa shape index (κ1) is 13.6. The van der Waals surface area contributed by atoms with Gasteiger partial charge in [0.05, 0.1) is 0 Å². The van der Waals surface area contributed by atoms with E-state index < -0.39 is 0 Å². The standard InChI is InChI=1S/C17H27N/c1-2-3-4-6-11-17-12-13-18(15-17)14-16-9-7-5-8-10-16/h5,7-10,17H,2-4,6,11-15H2,1H3. The summed E-state index contributed by atoms with van der Waals surface area (Å²) in [6.07, 6.45) is 8.51. The minimum absolute atomic E-state index is 0.963. The van der Waals surface area contributed by atoms with Crippen LogP contribution in [0.2, 0.25) is 0 Å². The monoisotopic (exact) mass is 245 g/mol. The summed E-state index contributed by atoms with van der Waals surface area (Å²) in [5, 5.41) is 0. The van der Waals surface area contributed by atoms with Crippen LogP contribution in [0.25, 0.3) is 0 Å². The van der Waals surface area contributed by atoms with Crippen molar-refractivity contribution in [2.24, 2.45) is 5.92 Å². The number of hydrogen-bond donors (Lipinski definition) is 0. The summed E-state index contributed by atoms with van der Waals surface area (Å²) in [4.78, 5) is 2.62. The zero-order valence-electron chi connectivity index (χ0n) is 11.8. The minimum Gasteiger partial charge on any atom is -0.299 e. The highest BCUT2D eigenvalue weighted by Gasteiger charge is 2.21. The van der Waals surface area contributed by atoms with Gasteiger partial charge in [-0.15, -0.1) is 0 Å². The van der Waals surface area contributed by atoms with Gasteiger partial charge in [0.25, 0.3) is 0 Å². The Hall–Kier alpha value is -0.820. The summed E-state index contributed by atoms with van der Waals surface area (Å²) >= 11 is 0. The van der Waals surface area contributed by atoms with E-state index in [-0.39, 0.29) is 0 Å². The third-order valence-electron chi connectivity index (χ3n) is 4.08. The predicted octanol–water partition coefficient (Wildman–Crippen LogP) is 4.48. The van der Waals surface area contributed by atoms with Crippen molar-refractivity contribution in [2.75, 3.05) is 13.1 Å². The van der Waals surface area contributed by atoms with Gasteiger partial charge in [0.2, 0.25) is 0 Å². The topological polar surface area (TPSA) is 3.24 Å². The molecule has 1 unspecified atom stereocenters. The Kier molecular flexibility index (Phi) is 5.73. The highest BCUT2D eigenvalue weighted by Crippen LogP contribution is 2.23. The van der Waals surface area contributed by atoms with Gasteiger partial charge in [-0.3, -0.25) is 4.90 Å². The molecular formula is C17H27N. The summed E-state index contributed by atoms with van der Waals surface area (Å²) in [5.41, 5.74) is 1.46. The highest BCUT2D eigenvalue weighted by atomic mass is 15.1. The van der Waals surface area contributed by atoms with E-state index >= 15 is 0 Å². The van der Waals surface area contributed by atoms with Crippen molar-refractivity contribution in [2.45, 2.75) is 52.0 Å². The zero-order chi connectivity index (χ0) is 12.6. The van der Waals surface area contributed by atoms with E-state index in [0.717, 1.165) is 12.5 Å². The van der Waals surface area contributed by atoms with Crippen molar-refractivity contribution in [3.05, 3.63) is 35.9 Å². The Balaban J connectivity index is 1.65. The Bertz CT molecular complexity index is 320. The molecule has 1 aliphatic heterocycles. The van der Waals surface area contributed by atoms with Gasteiger partial charge in [-0.2, -0.15) is 0 Å². The van der Waals surface area contributed by atoms with E-state index in [1.807, 2.05) is 0 Å². The molecule has 1 atom stereocenters. The molecule has 1 saturated heterocycles. The quantitative estimate of drug-likeness (QED) is 0.640. The molecule has 0 saturated carbocycles. The lowest BCUT2D eigenvalue weighted by Gasteiger charge is -2.16. The van der Waals surface area contributed by atoms with Crippen LogP contribution in [0.1, 0.15) is 51.0 Å². The van der Waals surface area contributed by atoms with E-state index in [2.05, 4.69) is 42.2 Å². The van der Waals surface area contributed by atoms with Gasteiger partial charge in [0.1, 0.15) is 0 Å². The van der Waals surface area contributed by atoms with Crippen LogP contribution in [0.3, 0.4) is 0 Å². The lowest BCUT2D eigenvalue weighted by Crippen LogP contribution is -2.20. The van der Waals surface area contributed by atoms with Gasteiger partial charge in [-0.1, -0.05) is 62.9 Å². The lowest BCUT2D eigenvalue weighted by molar-refractivity contribution is 0.311. The van der Waals surface area contributed by atoms with Crippen LogP contribution in [0.5, 0.6) is 0 Å². The second kappa shape index (κ2) is 7.58. The SMILES string of the molecule is CCCCCCC1CCN(Cc2ccccc2)C1. The fourth-order valence-electron chi connectivity index (χ4n) is 2.99. The number of benzene rings is 1. The van der Waals surface area contributed by atoms with Crippen molar-refractivity contribution >= 4 is 0 Å². The maximum atomic E-state index is 2.62. The summed E-state index contributed by atoms with van der Waals surface area (Å²) in [6, 6.07) is 10.9. The van der Waals surface area contributed by atoms with Crippen LogP contribution in [0.4, 0.5) is 0 Å². The molecule has 1 nitrogen and oxygen atoms in total. The van der Waals surface area contributed by atoms with Crippen LogP contribution < -0.4 is 0 Å². The minimum atomic E-state index is 0.963. The van der Waals surface area contributed by atoms with Crippen LogP contribution in [0.15, 0.2) is 30.3 Å².